The zero-order chi connectivity index (χ0) is 19.1. The maximum Gasteiger partial charge on any atom is 0.319 e. The lowest BCUT2D eigenvalue weighted by Crippen LogP contribution is -2.28. The van der Waals surface area contributed by atoms with Crippen molar-refractivity contribution in [3.05, 3.63) is 89.0 Å². The van der Waals surface area contributed by atoms with Crippen LogP contribution in [0.25, 0.3) is 0 Å². The molecule has 3 aromatic rings. The van der Waals surface area contributed by atoms with E-state index in [0.717, 1.165) is 5.69 Å². The van der Waals surface area contributed by atoms with E-state index in [2.05, 4.69) is 15.6 Å². The van der Waals surface area contributed by atoms with Crippen LogP contribution in [0.3, 0.4) is 0 Å². The van der Waals surface area contributed by atoms with Crippen molar-refractivity contribution < 1.29 is 13.9 Å². The van der Waals surface area contributed by atoms with Gasteiger partial charge in [0.1, 0.15) is 18.2 Å². The van der Waals surface area contributed by atoms with E-state index in [1.165, 1.54) is 6.07 Å². The highest BCUT2D eigenvalue weighted by atomic mass is 35.5. The fourth-order valence-electron chi connectivity index (χ4n) is 2.32. The molecule has 0 saturated heterocycles. The SMILES string of the molecule is O=C(NCc1ccccc1F)Nc1ccc(OCc2ccccn2)c(Cl)c1. The van der Waals surface area contributed by atoms with Gasteiger partial charge in [0.15, 0.2) is 0 Å². The molecule has 0 unspecified atom stereocenters. The molecule has 0 atom stereocenters. The Bertz CT molecular complexity index is 922. The molecular formula is C20H17ClFN3O2. The normalized spacial score (nSPS) is 10.3. The third-order valence-corrected chi connectivity index (χ3v) is 3.98. The molecule has 2 aromatic carbocycles. The second kappa shape index (κ2) is 9.00. The number of rotatable bonds is 6. The van der Waals surface area contributed by atoms with Crippen LogP contribution >= 0.6 is 11.6 Å². The van der Waals surface area contributed by atoms with Crippen LogP contribution in [0.4, 0.5) is 14.9 Å². The molecule has 0 aliphatic carbocycles. The molecule has 0 saturated carbocycles. The first-order valence-corrected chi connectivity index (χ1v) is 8.60. The van der Waals surface area contributed by atoms with Crippen LogP contribution in [0.1, 0.15) is 11.3 Å². The van der Waals surface area contributed by atoms with Crippen LogP contribution in [0.2, 0.25) is 5.02 Å². The number of pyridine rings is 1. The van der Waals surface area contributed by atoms with Gasteiger partial charge in [0, 0.05) is 24.0 Å². The number of carbonyl (C=O) groups excluding carboxylic acids is 1. The van der Waals surface area contributed by atoms with Crippen molar-refractivity contribution in [3.8, 4) is 5.75 Å². The van der Waals surface area contributed by atoms with Gasteiger partial charge in [-0.2, -0.15) is 0 Å². The smallest absolute Gasteiger partial charge is 0.319 e. The van der Waals surface area contributed by atoms with Gasteiger partial charge in [-0.1, -0.05) is 35.9 Å². The predicted molar refractivity (Wildman–Crippen MR) is 102 cm³/mol. The Balaban J connectivity index is 1.54. The number of nitrogens with one attached hydrogen (secondary N) is 2. The van der Waals surface area contributed by atoms with Crippen LogP contribution in [-0.2, 0) is 13.2 Å². The first-order chi connectivity index (χ1) is 13.1. The summed E-state index contributed by atoms with van der Waals surface area (Å²) < 4.78 is 19.2. The average Bonchev–Trinajstić information content (AvgIpc) is 2.67. The van der Waals surface area contributed by atoms with E-state index in [9.17, 15) is 9.18 Å². The average molecular weight is 386 g/mol. The first kappa shape index (κ1) is 18.7. The maximum atomic E-state index is 13.6. The molecule has 2 N–H and O–H groups in total. The number of nitrogens with zero attached hydrogens (tertiary/aromatic N) is 1. The van der Waals surface area contributed by atoms with E-state index in [1.807, 2.05) is 18.2 Å². The number of anilines is 1. The number of hydrogen-bond donors (Lipinski definition) is 2. The standard InChI is InChI=1S/C20H17ClFN3O2/c21-17-11-15(8-9-19(17)27-13-16-6-3-4-10-23-16)25-20(26)24-12-14-5-1-2-7-18(14)22/h1-11H,12-13H2,(H2,24,25,26). The molecule has 138 valence electrons. The lowest BCUT2D eigenvalue weighted by Gasteiger charge is -2.11. The topological polar surface area (TPSA) is 63.2 Å². The maximum absolute atomic E-state index is 13.6. The van der Waals surface area contributed by atoms with Crippen molar-refractivity contribution in [3.63, 3.8) is 0 Å². The summed E-state index contributed by atoms with van der Waals surface area (Å²) in [4.78, 5) is 16.1. The number of aromatic nitrogens is 1. The monoisotopic (exact) mass is 385 g/mol. The fraction of sp³-hybridized carbons (Fsp3) is 0.100. The molecule has 0 aliphatic rings. The van der Waals surface area contributed by atoms with Crippen molar-refractivity contribution in [2.45, 2.75) is 13.2 Å². The van der Waals surface area contributed by atoms with Gasteiger partial charge in [0.25, 0.3) is 0 Å². The summed E-state index contributed by atoms with van der Waals surface area (Å²) in [5.74, 6) is 0.120. The Morgan fingerprint density at radius 1 is 1.11 bits per heavy atom. The van der Waals surface area contributed by atoms with Crippen molar-refractivity contribution in [1.29, 1.82) is 0 Å². The zero-order valence-electron chi connectivity index (χ0n) is 14.3. The van der Waals surface area contributed by atoms with Gasteiger partial charge in [-0.15, -0.1) is 0 Å². The molecule has 0 radical (unpaired) electrons. The number of carbonyl (C=O) groups is 1. The Kier molecular flexibility index (Phi) is 6.22. The lowest BCUT2D eigenvalue weighted by molar-refractivity contribution is 0.251. The van der Waals surface area contributed by atoms with E-state index in [0.29, 0.717) is 22.0 Å². The number of halogens is 2. The fourth-order valence-corrected chi connectivity index (χ4v) is 2.56. The van der Waals surface area contributed by atoms with Crippen LogP contribution in [0, 0.1) is 5.82 Å². The lowest BCUT2D eigenvalue weighted by atomic mass is 10.2. The van der Waals surface area contributed by atoms with Gasteiger partial charge in [-0.3, -0.25) is 4.98 Å². The summed E-state index contributed by atoms with van der Waals surface area (Å²) in [6.07, 6.45) is 1.69. The molecule has 3 rings (SSSR count). The van der Waals surface area contributed by atoms with E-state index >= 15 is 0 Å². The van der Waals surface area contributed by atoms with Gasteiger partial charge in [0.05, 0.1) is 10.7 Å². The molecule has 1 heterocycles. The highest BCUT2D eigenvalue weighted by Crippen LogP contribution is 2.28. The van der Waals surface area contributed by atoms with E-state index in [1.54, 1.807) is 42.6 Å². The summed E-state index contributed by atoms with van der Waals surface area (Å²) in [6, 6.07) is 16.3. The Morgan fingerprint density at radius 2 is 1.93 bits per heavy atom. The molecule has 0 spiro atoms. The van der Waals surface area contributed by atoms with Gasteiger partial charge < -0.3 is 15.4 Å². The minimum atomic E-state index is -0.462. The molecule has 0 aliphatic heterocycles. The number of urea groups is 1. The second-order valence-corrected chi connectivity index (χ2v) is 6.06. The summed E-state index contributed by atoms with van der Waals surface area (Å²) in [7, 11) is 0. The summed E-state index contributed by atoms with van der Waals surface area (Å²) in [6.45, 7) is 0.369. The molecular weight excluding hydrogens is 369 g/mol. The Morgan fingerprint density at radius 3 is 2.67 bits per heavy atom. The Labute approximate surface area is 161 Å². The summed E-state index contributed by atoms with van der Waals surface area (Å²) in [5.41, 5.74) is 1.68. The number of ether oxygens (including phenoxy) is 1. The molecule has 27 heavy (non-hydrogen) atoms. The van der Waals surface area contributed by atoms with E-state index in [-0.39, 0.29) is 19.0 Å². The quantitative estimate of drug-likeness (QED) is 0.642. The predicted octanol–water partition coefficient (Wildman–Crippen LogP) is 4.77. The minimum absolute atomic E-state index is 0.0809. The van der Waals surface area contributed by atoms with Crippen molar-refractivity contribution in [2.75, 3.05) is 5.32 Å². The molecule has 2 amide bonds. The third-order valence-electron chi connectivity index (χ3n) is 3.69. The van der Waals surface area contributed by atoms with Gasteiger partial charge in [-0.05, 0) is 36.4 Å². The first-order valence-electron chi connectivity index (χ1n) is 8.22. The van der Waals surface area contributed by atoms with Gasteiger partial charge >= 0.3 is 6.03 Å². The molecule has 0 fully saturated rings. The van der Waals surface area contributed by atoms with Crippen LogP contribution in [0.5, 0.6) is 5.75 Å². The Hall–Kier alpha value is -3.12. The highest BCUT2D eigenvalue weighted by Gasteiger charge is 2.08. The minimum Gasteiger partial charge on any atom is -0.486 e. The van der Waals surface area contributed by atoms with E-state index < -0.39 is 6.03 Å². The molecule has 7 heteroatoms. The molecule has 0 bridgehead atoms. The number of amides is 2. The van der Waals surface area contributed by atoms with Crippen LogP contribution in [-0.4, -0.2) is 11.0 Å². The van der Waals surface area contributed by atoms with Crippen molar-refractivity contribution >= 4 is 23.3 Å². The second-order valence-electron chi connectivity index (χ2n) is 5.65. The zero-order valence-corrected chi connectivity index (χ0v) is 15.0. The van der Waals surface area contributed by atoms with Crippen molar-refractivity contribution in [2.24, 2.45) is 0 Å². The highest BCUT2D eigenvalue weighted by molar-refractivity contribution is 6.32. The third kappa shape index (κ3) is 5.43. The molecule has 5 nitrogen and oxygen atoms in total. The number of hydrogen-bond acceptors (Lipinski definition) is 3. The summed E-state index contributed by atoms with van der Waals surface area (Å²) >= 11 is 6.21. The summed E-state index contributed by atoms with van der Waals surface area (Å²) in [5, 5.41) is 5.60. The van der Waals surface area contributed by atoms with Gasteiger partial charge in [0.2, 0.25) is 0 Å². The van der Waals surface area contributed by atoms with E-state index in [4.69, 9.17) is 16.3 Å². The van der Waals surface area contributed by atoms with Crippen LogP contribution < -0.4 is 15.4 Å². The van der Waals surface area contributed by atoms with Crippen LogP contribution in [0.15, 0.2) is 66.9 Å². The largest absolute Gasteiger partial charge is 0.486 e. The van der Waals surface area contributed by atoms with Crippen molar-refractivity contribution in [1.82, 2.24) is 10.3 Å². The van der Waals surface area contributed by atoms with Gasteiger partial charge in [-0.25, -0.2) is 9.18 Å². The molecule has 1 aromatic heterocycles. The number of benzene rings is 2.